The summed E-state index contributed by atoms with van der Waals surface area (Å²) >= 11 is 0. The SMILES string of the molecule is COCCOC(=O)C1=C(C)N=C(C)C(C(=O)OCC2CCCC2)C1c1cccc(F)c1F. The molecule has 1 fully saturated rings. The van der Waals surface area contributed by atoms with Crippen LogP contribution in [0.15, 0.2) is 34.5 Å². The van der Waals surface area contributed by atoms with Crippen molar-refractivity contribution in [2.24, 2.45) is 16.8 Å². The number of halogens is 2. The number of ether oxygens (including phenoxy) is 3. The third-order valence-electron chi connectivity index (χ3n) is 6.08. The smallest absolute Gasteiger partial charge is 0.336 e. The number of carbonyl (C=O) groups is 2. The van der Waals surface area contributed by atoms with E-state index < -0.39 is 35.4 Å². The quantitative estimate of drug-likeness (QED) is 0.436. The molecular formula is C24H29F2NO5. The van der Waals surface area contributed by atoms with Gasteiger partial charge in [0.05, 0.1) is 18.8 Å². The highest BCUT2D eigenvalue weighted by Gasteiger charge is 2.44. The molecule has 6 nitrogen and oxygen atoms in total. The lowest BCUT2D eigenvalue weighted by molar-refractivity contribution is -0.148. The first kappa shape index (κ1) is 24.0. The molecule has 0 spiro atoms. The molecule has 2 aliphatic rings. The third kappa shape index (κ3) is 5.23. The highest BCUT2D eigenvalue weighted by atomic mass is 19.2. The van der Waals surface area contributed by atoms with Crippen molar-refractivity contribution in [3.63, 3.8) is 0 Å². The van der Waals surface area contributed by atoms with E-state index in [4.69, 9.17) is 14.2 Å². The number of esters is 2. The van der Waals surface area contributed by atoms with E-state index in [9.17, 15) is 18.4 Å². The van der Waals surface area contributed by atoms with Crippen LogP contribution in [0.5, 0.6) is 0 Å². The molecule has 174 valence electrons. The Kier molecular flexibility index (Phi) is 8.12. The van der Waals surface area contributed by atoms with Crippen molar-refractivity contribution in [3.05, 3.63) is 46.7 Å². The second-order valence-electron chi connectivity index (χ2n) is 8.26. The van der Waals surface area contributed by atoms with Gasteiger partial charge in [-0.2, -0.15) is 0 Å². The van der Waals surface area contributed by atoms with Crippen molar-refractivity contribution in [1.82, 2.24) is 0 Å². The number of allylic oxidation sites excluding steroid dienone is 1. The molecular weight excluding hydrogens is 420 g/mol. The second-order valence-corrected chi connectivity index (χ2v) is 8.26. The van der Waals surface area contributed by atoms with Crippen molar-refractivity contribution in [1.29, 1.82) is 0 Å². The van der Waals surface area contributed by atoms with Crippen LogP contribution >= 0.6 is 0 Å². The van der Waals surface area contributed by atoms with Gasteiger partial charge in [0.15, 0.2) is 11.6 Å². The molecule has 1 saturated carbocycles. The molecule has 1 aromatic carbocycles. The maximum absolute atomic E-state index is 14.9. The minimum atomic E-state index is -1.12. The first-order chi connectivity index (χ1) is 15.3. The zero-order chi connectivity index (χ0) is 23.3. The van der Waals surface area contributed by atoms with E-state index in [0.29, 0.717) is 17.3 Å². The van der Waals surface area contributed by atoms with Gasteiger partial charge in [-0.05, 0) is 44.2 Å². The van der Waals surface area contributed by atoms with Crippen LogP contribution in [-0.2, 0) is 23.8 Å². The van der Waals surface area contributed by atoms with E-state index in [1.807, 2.05) is 0 Å². The van der Waals surface area contributed by atoms with Gasteiger partial charge >= 0.3 is 11.9 Å². The van der Waals surface area contributed by atoms with Gasteiger partial charge in [0.2, 0.25) is 0 Å². The summed E-state index contributed by atoms with van der Waals surface area (Å²) in [5, 5.41) is 0. The Hall–Kier alpha value is -2.61. The monoisotopic (exact) mass is 449 g/mol. The largest absolute Gasteiger partial charge is 0.465 e. The third-order valence-corrected chi connectivity index (χ3v) is 6.08. The van der Waals surface area contributed by atoms with Gasteiger partial charge in [0, 0.05) is 24.4 Å². The molecule has 0 N–H and O–H groups in total. The summed E-state index contributed by atoms with van der Waals surface area (Å²) in [5.74, 6) is -5.43. The average Bonchev–Trinajstić information content (AvgIpc) is 3.27. The van der Waals surface area contributed by atoms with Gasteiger partial charge < -0.3 is 14.2 Å². The van der Waals surface area contributed by atoms with E-state index >= 15 is 0 Å². The zero-order valence-corrected chi connectivity index (χ0v) is 18.7. The lowest BCUT2D eigenvalue weighted by atomic mass is 9.75. The minimum absolute atomic E-state index is 0.0130. The van der Waals surface area contributed by atoms with Gasteiger partial charge in [-0.25, -0.2) is 13.6 Å². The first-order valence-corrected chi connectivity index (χ1v) is 10.9. The highest BCUT2D eigenvalue weighted by molar-refractivity contribution is 6.07. The fourth-order valence-corrected chi connectivity index (χ4v) is 4.47. The van der Waals surface area contributed by atoms with Gasteiger partial charge in [0.25, 0.3) is 0 Å². The van der Waals surface area contributed by atoms with Gasteiger partial charge in [-0.15, -0.1) is 0 Å². The molecule has 8 heteroatoms. The van der Waals surface area contributed by atoms with E-state index in [1.54, 1.807) is 13.8 Å². The number of aliphatic imine (C=N–C) groups is 1. The summed E-state index contributed by atoms with van der Waals surface area (Å²) < 4.78 is 44.8. The molecule has 0 saturated heterocycles. The van der Waals surface area contributed by atoms with Gasteiger partial charge in [-0.3, -0.25) is 9.79 Å². The van der Waals surface area contributed by atoms with Gasteiger partial charge in [-0.1, -0.05) is 25.0 Å². The van der Waals surface area contributed by atoms with Crippen molar-refractivity contribution < 1.29 is 32.6 Å². The molecule has 1 aromatic rings. The van der Waals surface area contributed by atoms with Crippen LogP contribution in [0, 0.1) is 23.5 Å². The van der Waals surface area contributed by atoms with Crippen molar-refractivity contribution in [2.45, 2.75) is 45.4 Å². The second kappa shape index (κ2) is 10.8. The molecule has 0 radical (unpaired) electrons. The Morgan fingerprint density at radius 1 is 1.09 bits per heavy atom. The van der Waals surface area contributed by atoms with E-state index in [1.165, 1.54) is 19.2 Å². The summed E-state index contributed by atoms with van der Waals surface area (Å²) in [6.45, 7) is 3.62. The van der Waals surface area contributed by atoms with Gasteiger partial charge in [0.1, 0.15) is 12.5 Å². The molecule has 32 heavy (non-hydrogen) atoms. The Morgan fingerprint density at radius 3 is 2.50 bits per heavy atom. The molecule has 1 heterocycles. The first-order valence-electron chi connectivity index (χ1n) is 10.9. The minimum Gasteiger partial charge on any atom is -0.465 e. The lowest BCUT2D eigenvalue weighted by Crippen LogP contribution is -2.37. The molecule has 1 aliphatic carbocycles. The predicted octanol–water partition coefficient (Wildman–Crippen LogP) is 4.34. The van der Waals surface area contributed by atoms with Crippen molar-refractivity contribution in [3.8, 4) is 0 Å². The lowest BCUT2D eigenvalue weighted by Gasteiger charge is -2.32. The molecule has 0 bridgehead atoms. The number of rotatable bonds is 8. The highest BCUT2D eigenvalue weighted by Crippen LogP contribution is 2.41. The van der Waals surface area contributed by atoms with Crippen LogP contribution in [0.2, 0.25) is 0 Å². The Bertz CT molecular complexity index is 921. The van der Waals surface area contributed by atoms with Crippen LogP contribution in [0.25, 0.3) is 0 Å². The molecule has 0 amide bonds. The summed E-state index contributed by atoms with van der Waals surface area (Å²) in [6.07, 6.45) is 4.18. The van der Waals surface area contributed by atoms with Crippen LogP contribution in [0.3, 0.4) is 0 Å². The zero-order valence-electron chi connectivity index (χ0n) is 18.7. The molecule has 3 rings (SSSR count). The number of hydrogen-bond donors (Lipinski definition) is 0. The van der Waals surface area contributed by atoms with Crippen molar-refractivity contribution in [2.75, 3.05) is 26.9 Å². The summed E-state index contributed by atoms with van der Waals surface area (Å²) in [7, 11) is 1.47. The fraction of sp³-hybridized carbons (Fsp3) is 0.542. The van der Waals surface area contributed by atoms with Crippen molar-refractivity contribution >= 4 is 17.7 Å². The molecule has 2 atom stereocenters. The average molecular weight is 449 g/mol. The normalized spacial score (nSPS) is 21.5. The van der Waals surface area contributed by atoms with E-state index in [0.717, 1.165) is 31.7 Å². The number of carbonyl (C=O) groups excluding carboxylic acids is 2. The Labute approximate surface area is 186 Å². The summed E-state index contributed by atoms with van der Waals surface area (Å²) in [6, 6.07) is 3.71. The predicted molar refractivity (Wildman–Crippen MR) is 114 cm³/mol. The van der Waals surface area contributed by atoms with Crippen LogP contribution in [-0.4, -0.2) is 44.6 Å². The molecule has 2 unspecified atom stereocenters. The fourth-order valence-electron chi connectivity index (χ4n) is 4.47. The van der Waals surface area contributed by atoms with E-state index in [-0.39, 0.29) is 31.0 Å². The van der Waals surface area contributed by atoms with Crippen LogP contribution < -0.4 is 0 Å². The maximum Gasteiger partial charge on any atom is 0.336 e. The Morgan fingerprint density at radius 2 is 1.81 bits per heavy atom. The maximum atomic E-state index is 14.9. The number of hydrogen-bond acceptors (Lipinski definition) is 6. The summed E-state index contributed by atoms with van der Waals surface area (Å²) in [5.41, 5.74) is 0.568. The number of methoxy groups -OCH3 is 1. The number of benzene rings is 1. The van der Waals surface area contributed by atoms with Crippen LogP contribution in [0.4, 0.5) is 8.78 Å². The Balaban J connectivity index is 1.98. The molecule has 1 aliphatic heterocycles. The standard InChI is InChI=1S/C24H29F2NO5/c1-14-19(23(28)31-12-11-30-3)21(17-9-6-10-18(25)22(17)26)20(15(2)27-14)24(29)32-13-16-7-4-5-8-16/h6,9-10,16,20-21H,4-5,7-8,11-13H2,1-3H3. The number of nitrogens with zero attached hydrogens (tertiary/aromatic N) is 1. The van der Waals surface area contributed by atoms with E-state index in [2.05, 4.69) is 4.99 Å². The summed E-state index contributed by atoms with van der Waals surface area (Å²) in [4.78, 5) is 30.5. The topological polar surface area (TPSA) is 74.2 Å². The molecule has 0 aromatic heterocycles. The van der Waals surface area contributed by atoms with Crippen LogP contribution in [0.1, 0.15) is 51.0 Å².